The Kier molecular flexibility index (Phi) is 4.19. The average Bonchev–Trinajstić information content (AvgIpc) is 2.15. The van der Waals surface area contributed by atoms with E-state index in [0.717, 1.165) is 0 Å². The van der Waals surface area contributed by atoms with Crippen LogP contribution in [-0.2, 0) is 9.47 Å². The summed E-state index contributed by atoms with van der Waals surface area (Å²) in [6.45, 7) is 11.7. The van der Waals surface area contributed by atoms with Crippen LogP contribution < -0.4 is 0 Å². The number of rotatable bonds is 1. The summed E-state index contributed by atoms with van der Waals surface area (Å²) in [4.78, 5) is 13.8. The van der Waals surface area contributed by atoms with Gasteiger partial charge in [0.05, 0.1) is 19.3 Å². The zero-order valence-corrected chi connectivity index (χ0v) is 10.9. The van der Waals surface area contributed by atoms with Gasteiger partial charge in [-0.15, -0.1) is 0 Å². The fourth-order valence-corrected chi connectivity index (χ4v) is 1.72. The van der Waals surface area contributed by atoms with Crippen molar-refractivity contribution in [1.82, 2.24) is 4.90 Å². The molecule has 0 aromatic rings. The highest BCUT2D eigenvalue weighted by molar-refractivity contribution is 5.68. The number of hydrogen-bond acceptors (Lipinski definition) is 3. The van der Waals surface area contributed by atoms with Crippen molar-refractivity contribution in [1.29, 1.82) is 0 Å². The van der Waals surface area contributed by atoms with Crippen molar-refractivity contribution in [3.05, 3.63) is 0 Å². The van der Waals surface area contributed by atoms with Crippen LogP contribution in [-0.4, -0.2) is 42.4 Å². The van der Waals surface area contributed by atoms with Gasteiger partial charge in [0.1, 0.15) is 5.60 Å². The third kappa shape index (κ3) is 3.67. The average molecular weight is 229 g/mol. The maximum atomic E-state index is 12.0. The molecule has 0 radical (unpaired) electrons. The molecule has 1 fully saturated rings. The Labute approximate surface area is 97.9 Å². The van der Waals surface area contributed by atoms with E-state index in [2.05, 4.69) is 13.8 Å². The highest BCUT2D eigenvalue weighted by Crippen LogP contribution is 2.19. The monoisotopic (exact) mass is 229 g/mol. The molecule has 0 saturated carbocycles. The summed E-state index contributed by atoms with van der Waals surface area (Å²) in [6, 6.07) is 0.128. The van der Waals surface area contributed by atoms with Gasteiger partial charge in [0.25, 0.3) is 0 Å². The quantitative estimate of drug-likeness (QED) is 0.692. The zero-order chi connectivity index (χ0) is 12.3. The van der Waals surface area contributed by atoms with Gasteiger partial charge in [-0.05, 0) is 26.7 Å². The van der Waals surface area contributed by atoms with E-state index in [1.54, 1.807) is 4.90 Å². The van der Waals surface area contributed by atoms with E-state index in [4.69, 9.17) is 9.47 Å². The van der Waals surface area contributed by atoms with Crippen LogP contribution in [0.3, 0.4) is 0 Å². The lowest BCUT2D eigenvalue weighted by Gasteiger charge is -2.38. The van der Waals surface area contributed by atoms with Crippen LogP contribution in [0.4, 0.5) is 4.79 Å². The summed E-state index contributed by atoms with van der Waals surface area (Å²) in [5.74, 6) is 0.382. The number of nitrogens with zero attached hydrogens (tertiary/aromatic N) is 1. The number of hydrogen-bond donors (Lipinski definition) is 0. The van der Waals surface area contributed by atoms with E-state index in [0.29, 0.717) is 25.7 Å². The lowest BCUT2D eigenvalue weighted by Crippen LogP contribution is -2.52. The third-order valence-electron chi connectivity index (χ3n) is 2.56. The van der Waals surface area contributed by atoms with Crippen LogP contribution in [0.5, 0.6) is 0 Å². The summed E-state index contributed by atoms with van der Waals surface area (Å²) in [5, 5.41) is 0. The van der Waals surface area contributed by atoms with E-state index in [9.17, 15) is 4.79 Å². The predicted octanol–water partition coefficient (Wildman–Crippen LogP) is 2.28. The summed E-state index contributed by atoms with van der Waals surface area (Å²) in [6.07, 6.45) is -0.227. The van der Waals surface area contributed by atoms with Gasteiger partial charge in [-0.1, -0.05) is 13.8 Å². The maximum Gasteiger partial charge on any atom is 0.410 e. The normalized spacial score (nSPS) is 22.4. The van der Waals surface area contributed by atoms with E-state index >= 15 is 0 Å². The molecule has 1 saturated heterocycles. The number of carbonyl (C=O) groups excluding carboxylic acids is 1. The molecule has 1 heterocycles. The number of amides is 1. The molecular formula is C12H23NO3. The number of ether oxygens (including phenoxy) is 2. The Bertz CT molecular complexity index is 245. The van der Waals surface area contributed by atoms with Crippen molar-refractivity contribution < 1.29 is 14.3 Å². The zero-order valence-electron chi connectivity index (χ0n) is 10.9. The van der Waals surface area contributed by atoms with Gasteiger partial charge < -0.3 is 14.4 Å². The second-order valence-corrected chi connectivity index (χ2v) is 5.56. The van der Waals surface area contributed by atoms with E-state index in [1.165, 1.54) is 0 Å². The van der Waals surface area contributed by atoms with E-state index in [1.807, 2.05) is 20.8 Å². The van der Waals surface area contributed by atoms with Crippen LogP contribution in [0.2, 0.25) is 0 Å². The van der Waals surface area contributed by atoms with Crippen LogP contribution in [0.1, 0.15) is 34.6 Å². The van der Waals surface area contributed by atoms with Gasteiger partial charge in [0, 0.05) is 6.54 Å². The molecule has 1 aliphatic heterocycles. The van der Waals surface area contributed by atoms with Crippen molar-refractivity contribution in [2.24, 2.45) is 5.92 Å². The first-order valence-corrected chi connectivity index (χ1v) is 5.88. The molecule has 4 nitrogen and oxygen atoms in total. The summed E-state index contributed by atoms with van der Waals surface area (Å²) < 4.78 is 10.8. The second-order valence-electron chi connectivity index (χ2n) is 5.56. The minimum absolute atomic E-state index is 0.128. The lowest BCUT2D eigenvalue weighted by molar-refractivity contribution is -0.0429. The molecule has 0 spiro atoms. The topological polar surface area (TPSA) is 38.8 Å². The molecule has 1 aliphatic rings. The Morgan fingerprint density at radius 3 is 2.56 bits per heavy atom. The molecule has 4 heteroatoms. The summed E-state index contributed by atoms with van der Waals surface area (Å²) >= 11 is 0. The standard InChI is InChI=1S/C12H23NO3/c1-9(2)10-8-15-7-6-13(10)11(14)16-12(3,4)5/h9-10H,6-8H2,1-5H3. The van der Waals surface area contributed by atoms with Gasteiger partial charge in [-0.2, -0.15) is 0 Å². The summed E-state index contributed by atoms with van der Waals surface area (Å²) in [7, 11) is 0. The molecular weight excluding hydrogens is 206 g/mol. The molecule has 1 rings (SSSR count). The van der Waals surface area contributed by atoms with Crippen molar-refractivity contribution >= 4 is 6.09 Å². The van der Waals surface area contributed by atoms with Crippen molar-refractivity contribution in [2.45, 2.75) is 46.3 Å². The minimum atomic E-state index is -0.434. The molecule has 16 heavy (non-hydrogen) atoms. The first kappa shape index (κ1) is 13.3. The van der Waals surface area contributed by atoms with Gasteiger partial charge in [0.15, 0.2) is 0 Å². The Morgan fingerprint density at radius 2 is 2.06 bits per heavy atom. The van der Waals surface area contributed by atoms with Gasteiger partial charge in [-0.25, -0.2) is 4.79 Å². The number of carbonyl (C=O) groups is 1. The van der Waals surface area contributed by atoms with E-state index < -0.39 is 5.60 Å². The molecule has 1 atom stereocenters. The van der Waals surface area contributed by atoms with Crippen LogP contribution >= 0.6 is 0 Å². The van der Waals surface area contributed by atoms with Crippen LogP contribution in [0, 0.1) is 5.92 Å². The Morgan fingerprint density at radius 1 is 1.44 bits per heavy atom. The Hall–Kier alpha value is -0.770. The maximum absolute atomic E-state index is 12.0. The highest BCUT2D eigenvalue weighted by Gasteiger charge is 2.32. The van der Waals surface area contributed by atoms with Crippen molar-refractivity contribution in [2.75, 3.05) is 19.8 Å². The third-order valence-corrected chi connectivity index (χ3v) is 2.56. The first-order valence-electron chi connectivity index (χ1n) is 5.88. The lowest BCUT2D eigenvalue weighted by atomic mass is 10.0. The molecule has 0 aromatic carbocycles. The predicted molar refractivity (Wildman–Crippen MR) is 62.4 cm³/mol. The molecule has 0 aromatic heterocycles. The molecule has 0 bridgehead atoms. The fourth-order valence-electron chi connectivity index (χ4n) is 1.72. The molecule has 0 N–H and O–H groups in total. The van der Waals surface area contributed by atoms with E-state index in [-0.39, 0.29) is 12.1 Å². The largest absolute Gasteiger partial charge is 0.444 e. The molecule has 94 valence electrons. The smallest absolute Gasteiger partial charge is 0.410 e. The van der Waals surface area contributed by atoms with Crippen molar-refractivity contribution in [3.63, 3.8) is 0 Å². The Balaban J connectivity index is 2.64. The fraction of sp³-hybridized carbons (Fsp3) is 0.917. The molecule has 0 aliphatic carbocycles. The minimum Gasteiger partial charge on any atom is -0.444 e. The van der Waals surface area contributed by atoms with Crippen LogP contribution in [0.15, 0.2) is 0 Å². The first-order chi connectivity index (χ1) is 7.31. The second kappa shape index (κ2) is 5.04. The van der Waals surface area contributed by atoms with Gasteiger partial charge >= 0.3 is 6.09 Å². The molecule has 1 unspecified atom stereocenters. The van der Waals surface area contributed by atoms with Crippen molar-refractivity contribution in [3.8, 4) is 0 Å². The highest BCUT2D eigenvalue weighted by atomic mass is 16.6. The van der Waals surface area contributed by atoms with Gasteiger partial charge in [0.2, 0.25) is 0 Å². The van der Waals surface area contributed by atoms with Gasteiger partial charge in [-0.3, -0.25) is 0 Å². The number of morpholine rings is 1. The SMILES string of the molecule is CC(C)C1COCCN1C(=O)OC(C)(C)C. The molecule has 1 amide bonds. The van der Waals surface area contributed by atoms with Crippen LogP contribution in [0.25, 0.3) is 0 Å². The summed E-state index contributed by atoms with van der Waals surface area (Å²) in [5.41, 5.74) is -0.434.